The van der Waals surface area contributed by atoms with E-state index in [2.05, 4.69) is 41.5 Å². The highest BCUT2D eigenvalue weighted by molar-refractivity contribution is 5.98. The van der Waals surface area contributed by atoms with Crippen molar-refractivity contribution >= 4 is 35.1 Å². The minimum atomic E-state index is -0.676. The lowest BCUT2D eigenvalue weighted by Gasteiger charge is -2.36. The number of amides is 1. The number of piperidine rings is 1. The van der Waals surface area contributed by atoms with E-state index in [0.29, 0.717) is 12.8 Å². The second kappa shape index (κ2) is 8.16. The lowest BCUT2D eigenvalue weighted by Crippen LogP contribution is -2.52. The molecule has 1 amide bonds. The summed E-state index contributed by atoms with van der Waals surface area (Å²) in [6, 6.07) is 7.47. The van der Waals surface area contributed by atoms with Crippen LogP contribution in [0.25, 0.3) is 11.1 Å². The normalized spacial score (nSPS) is 16.4. The number of hydrogen-bond donors (Lipinski definition) is 2. The summed E-state index contributed by atoms with van der Waals surface area (Å²) in [6.45, 7) is 8.03. The van der Waals surface area contributed by atoms with E-state index in [1.54, 1.807) is 10.9 Å². The lowest BCUT2D eigenvalue weighted by atomic mass is 9.87. The molecule has 1 aliphatic rings. The number of halogens is 1. The molecule has 3 aromatic rings. The predicted molar refractivity (Wildman–Crippen MR) is 115 cm³/mol. The summed E-state index contributed by atoms with van der Waals surface area (Å²) < 4.78 is 7.64. The Hall–Kier alpha value is -2.38. The first-order valence-electron chi connectivity index (χ1n) is 9.78. The average Bonchev–Trinajstić information content (AvgIpc) is 3.30. The van der Waals surface area contributed by atoms with Gasteiger partial charge in [0, 0.05) is 24.5 Å². The van der Waals surface area contributed by atoms with Gasteiger partial charge in [0.05, 0.1) is 0 Å². The summed E-state index contributed by atoms with van der Waals surface area (Å²) in [6.07, 6.45) is 5.74. The van der Waals surface area contributed by atoms with Crippen LogP contribution in [0.15, 0.2) is 41.1 Å². The summed E-state index contributed by atoms with van der Waals surface area (Å²) in [4.78, 5) is 17.9. The fourth-order valence-corrected chi connectivity index (χ4v) is 3.75. The van der Waals surface area contributed by atoms with E-state index in [0.717, 1.165) is 42.2 Å². The number of rotatable bonds is 4. The smallest absolute Gasteiger partial charge is 0.252 e. The van der Waals surface area contributed by atoms with Gasteiger partial charge in [0.2, 0.25) is 0 Å². The number of aromatic nitrogens is 3. The fourth-order valence-electron chi connectivity index (χ4n) is 3.75. The number of benzene rings is 1. The molecule has 1 aromatic carbocycles. The third kappa shape index (κ3) is 4.46. The zero-order valence-corrected chi connectivity index (χ0v) is 17.9. The van der Waals surface area contributed by atoms with Crippen LogP contribution in [0.3, 0.4) is 0 Å². The SMILES string of the molecule is CC(C)(C)Cc1nc2cc(NC(=O)C3(n4cccn4)CCNCC3)ccc2o1.Cl. The molecule has 29 heavy (non-hydrogen) atoms. The molecule has 8 heteroatoms. The third-order valence-electron chi connectivity index (χ3n) is 5.17. The van der Waals surface area contributed by atoms with Gasteiger partial charge in [0.25, 0.3) is 5.91 Å². The molecular weight excluding hydrogens is 390 g/mol. The molecule has 1 saturated heterocycles. The molecule has 7 nitrogen and oxygen atoms in total. The Labute approximate surface area is 176 Å². The monoisotopic (exact) mass is 417 g/mol. The van der Waals surface area contributed by atoms with Crippen molar-refractivity contribution in [3.63, 3.8) is 0 Å². The zero-order chi connectivity index (χ0) is 19.8. The summed E-state index contributed by atoms with van der Waals surface area (Å²) in [7, 11) is 0. The number of hydrogen-bond acceptors (Lipinski definition) is 5. The minimum Gasteiger partial charge on any atom is -0.441 e. The first-order chi connectivity index (χ1) is 13.4. The van der Waals surface area contributed by atoms with Crippen LogP contribution in [-0.4, -0.2) is 33.8 Å². The molecule has 0 unspecified atom stereocenters. The number of nitrogens with one attached hydrogen (secondary N) is 2. The molecule has 1 aliphatic heterocycles. The van der Waals surface area contributed by atoms with Crippen molar-refractivity contribution in [2.24, 2.45) is 5.41 Å². The molecule has 1 fully saturated rings. The summed E-state index contributed by atoms with van der Waals surface area (Å²) >= 11 is 0. The minimum absolute atomic E-state index is 0. The molecular formula is C21H28ClN5O2. The van der Waals surface area contributed by atoms with Crippen molar-refractivity contribution in [2.45, 2.75) is 45.6 Å². The molecule has 0 saturated carbocycles. The largest absolute Gasteiger partial charge is 0.441 e. The van der Waals surface area contributed by atoms with Crippen LogP contribution in [0.5, 0.6) is 0 Å². The van der Waals surface area contributed by atoms with Gasteiger partial charge in [-0.05, 0) is 55.6 Å². The van der Waals surface area contributed by atoms with E-state index in [9.17, 15) is 4.79 Å². The van der Waals surface area contributed by atoms with Gasteiger partial charge < -0.3 is 15.1 Å². The highest BCUT2D eigenvalue weighted by Gasteiger charge is 2.42. The van der Waals surface area contributed by atoms with Crippen LogP contribution >= 0.6 is 12.4 Å². The van der Waals surface area contributed by atoms with Gasteiger partial charge in [-0.25, -0.2) is 4.98 Å². The van der Waals surface area contributed by atoms with E-state index in [4.69, 9.17) is 4.42 Å². The van der Waals surface area contributed by atoms with Crippen molar-refractivity contribution in [1.82, 2.24) is 20.1 Å². The topological polar surface area (TPSA) is 85.0 Å². The Morgan fingerprint density at radius 3 is 2.72 bits per heavy atom. The molecule has 0 aliphatic carbocycles. The van der Waals surface area contributed by atoms with Crippen molar-refractivity contribution in [2.75, 3.05) is 18.4 Å². The molecule has 4 rings (SSSR count). The number of carbonyl (C=O) groups is 1. The van der Waals surface area contributed by atoms with Crippen molar-refractivity contribution < 1.29 is 9.21 Å². The quantitative estimate of drug-likeness (QED) is 0.675. The lowest BCUT2D eigenvalue weighted by molar-refractivity contribution is -0.126. The van der Waals surface area contributed by atoms with Gasteiger partial charge in [-0.1, -0.05) is 20.8 Å². The molecule has 2 N–H and O–H groups in total. The van der Waals surface area contributed by atoms with E-state index >= 15 is 0 Å². The van der Waals surface area contributed by atoms with Crippen LogP contribution in [0.4, 0.5) is 5.69 Å². The Bertz CT molecular complexity index is 969. The van der Waals surface area contributed by atoms with E-state index in [1.807, 2.05) is 30.5 Å². The Balaban J connectivity index is 0.00000240. The Kier molecular flexibility index (Phi) is 6.00. The zero-order valence-electron chi connectivity index (χ0n) is 17.1. The highest BCUT2D eigenvalue weighted by atomic mass is 35.5. The maximum Gasteiger partial charge on any atom is 0.252 e. The van der Waals surface area contributed by atoms with Gasteiger partial charge in [0.15, 0.2) is 11.5 Å². The number of fused-ring (bicyclic) bond motifs is 1. The Morgan fingerprint density at radius 2 is 2.07 bits per heavy atom. The maximum absolute atomic E-state index is 13.3. The Morgan fingerprint density at radius 1 is 1.31 bits per heavy atom. The van der Waals surface area contributed by atoms with Gasteiger partial charge in [-0.15, -0.1) is 12.4 Å². The highest BCUT2D eigenvalue weighted by Crippen LogP contribution is 2.30. The second-order valence-electron chi connectivity index (χ2n) is 8.71. The standard InChI is InChI=1S/C21H27N5O2.ClH/c1-20(2,3)14-18-25-16-13-15(5-6-17(16)28-18)24-19(27)21(7-10-22-11-8-21)26-12-4-9-23-26;/h4-6,9,12-13,22H,7-8,10-11,14H2,1-3H3,(H,24,27);1H. The van der Waals surface area contributed by atoms with Gasteiger partial charge in [0.1, 0.15) is 11.1 Å². The maximum atomic E-state index is 13.3. The first-order valence-corrected chi connectivity index (χ1v) is 9.78. The fraction of sp³-hybridized carbons (Fsp3) is 0.476. The molecule has 3 heterocycles. The molecule has 156 valence electrons. The first kappa shape index (κ1) is 21.3. The summed E-state index contributed by atoms with van der Waals surface area (Å²) in [5, 5.41) is 10.8. The molecule has 0 radical (unpaired) electrons. The summed E-state index contributed by atoms with van der Waals surface area (Å²) in [5.41, 5.74) is 1.64. The second-order valence-corrected chi connectivity index (χ2v) is 8.71. The molecule has 0 spiro atoms. The molecule has 2 aromatic heterocycles. The van der Waals surface area contributed by atoms with E-state index < -0.39 is 5.54 Å². The van der Waals surface area contributed by atoms with Crippen LogP contribution < -0.4 is 10.6 Å². The number of carbonyl (C=O) groups excluding carboxylic acids is 1. The van der Waals surface area contributed by atoms with Crippen molar-refractivity contribution in [3.8, 4) is 0 Å². The van der Waals surface area contributed by atoms with Crippen molar-refractivity contribution in [1.29, 1.82) is 0 Å². The van der Waals surface area contributed by atoms with Gasteiger partial charge >= 0.3 is 0 Å². The van der Waals surface area contributed by atoms with E-state index in [1.165, 1.54) is 0 Å². The predicted octanol–water partition coefficient (Wildman–Crippen LogP) is 3.75. The number of nitrogens with zero attached hydrogens (tertiary/aromatic N) is 3. The summed E-state index contributed by atoms with van der Waals surface area (Å²) in [5.74, 6) is 0.674. The number of oxazole rings is 1. The number of anilines is 1. The van der Waals surface area contributed by atoms with Crippen molar-refractivity contribution in [3.05, 3.63) is 42.5 Å². The van der Waals surface area contributed by atoms with E-state index in [-0.39, 0.29) is 23.7 Å². The molecule has 0 bridgehead atoms. The van der Waals surface area contributed by atoms with Gasteiger partial charge in [-0.2, -0.15) is 5.10 Å². The van der Waals surface area contributed by atoms with Crippen LogP contribution in [0.2, 0.25) is 0 Å². The van der Waals surface area contributed by atoms with Crippen LogP contribution in [0, 0.1) is 5.41 Å². The van der Waals surface area contributed by atoms with Gasteiger partial charge in [-0.3, -0.25) is 9.48 Å². The van der Waals surface area contributed by atoms with Crippen LogP contribution in [-0.2, 0) is 16.8 Å². The average molecular weight is 418 g/mol. The van der Waals surface area contributed by atoms with Crippen LogP contribution in [0.1, 0.15) is 39.5 Å². The molecule has 0 atom stereocenters. The third-order valence-corrected chi connectivity index (χ3v) is 5.17.